The Bertz CT molecular complexity index is 386. The van der Waals surface area contributed by atoms with Crippen LogP contribution in [0.5, 0.6) is 0 Å². The number of carbonyl (C=O) groups is 1. The lowest BCUT2D eigenvalue weighted by Gasteiger charge is -2.30. The van der Waals surface area contributed by atoms with Crippen molar-refractivity contribution < 1.29 is 4.79 Å². The van der Waals surface area contributed by atoms with Gasteiger partial charge in [0.25, 0.3) is 0 Å². The molecule has 4 nitrogen and oxygen atoms in total. The Hall–Kier alpha value is -1.13. The standard InChI is InChI=1S/C14H21N3O.ClH/c1-11-7-9-15-10-13(11)17-14(18)6-5-12-4-2-3-8-16-12;/h2-4,8,11,13,15H,5-7,9-10H2,1H3,(H,17,18);1H. The first-order valence-electron chi connectivity index (χ1n) is 6.65. The fourth-order valence-corrected chi connectivity index (χ4v) is 2.25. The molecule has 2 rings (SSSR count). The van der Waals surface area contributed by atoms with Crippen LogP contribution in [0.15, 0.2) is 24.4 Å². The molecule has 1 saturated heterocycles. The number of hydrogen-bond acceptors (Lipinski definition) is 3. The van der Waals surface area contributed by atoms with Gasteiger partial charge in [-0.3, -0.25) is 9.78 Å². The molecule has 2 heterocycles. The van der Waals surface area contributed by atoms with Crippen molar-refractivity contribution in [3.05, 3.63) is 30.1 Å². The zero-order valence-electron chi connectivity index (χ0n) is 11.3. The number of nitrogens with one attached hydrogen (secondary N) is 2. The predicted octanol–water partition coefficient (Wildman–Crippen LogP) is 1.55. The monoisotopic (exact) mass is 283 g/mol. The van der Waals surface area contributed by atoms with Crippen LogP contribution in [0, 0.1) is 5.92 Å². The average Bonchev–Trinajstić information content (AvgIpc) is 2.40. The van der Waals surface area contributed by atoms with Gasteiger partial charge in [-0.2, -0.15) is 0 Å². The maximum absolute atomic E-state index is 11.9. The summed E-state index contributed by atoms with van der Waals surface area (Å²) >= 11 is 0. The quantitative estimate of drug-likeness (QED) is 0.882. The maximum Gasteiger partial charge on any atom is 0.220 e. The van der Waals surface area contributed by atoms with E-state index >= 15 is 0 Å². The molecule has 2 unspecified atom stereocenters. The van der Waals surface area contributed by atoms with Crippen LogP contribution >= 0.6 is 12.4 Å². The van der Waals surface area contributed by atoms with Crippen LogP contribution in [0.2, 0.25) is 0 Å². The fraction of sp³-hybridized carbons (Fsp3) is 0.571. The number of halogens is 1. The molecule has 0 spiro atoms. The van der Waals surface area contributed by atoms with E-state index in [1.54, 1.807) is 6.20 Å². The molecule has 19 heavy (non-hydrogen) atoms. The third-order valence-electron chi connectivity index (χ3n) is 3.51. The number of carbonyl (C=O) groups excluding carboxylic acids is 1. The number of aromatic nitrogens is 1. The van der Waals surface area contributed by atoms with Crippen molar-refractivity contribution in [2.75, 3.05) is 13.1 Å². The second-order valence-corrected chi connectivity index (χ2v) is 4.97. The molecular formula is C14H22ClN3O. The van der Waals surface area contributed by atoms with Gasteiger partial charge in [-0.25, -0.2) is 0 Å². The van der Waals surface area contributed by atoms with Gasteiger partial charge < -0.3 is 10.6 Å². The lowest BCUT2D eigenvalue weighted by Crippen LogP contribution is -2.50. The minimum Gasteiger partial charge on any atom is -0.352 e. The van der Waals surface area contributed by atoms with Gasteiger partial charge in [-0.15, -0.1) is 12.4 Å². The summed E-state index contributed by atoms with van der Waals surface area (Å²) in [5.74, 6) is 0.686. The molecule has 0 radical (unpaired) electrons. The summed E-state index contributed by atoms with van der Waals surface area (Å²) < 4.78 is 0. The van der Waals surface area contributed by atoms with Gasteiger partial charge in [0, 0.05) is 30.9 Å². The van der Waals surface area contributed by atoms with Crippen LogP contribution in [0.1, 0.15) is 25.5 Å². The SMILES string of the molecule is CC1CCNCC1NC(=O)CCc1ccccn1.Cl. The third-order valence-corrected chi connectivity index (χ3v) is 3.51. The van der Waals surface area contributed by atoms with Gasteiger partial charge >= 0.3 is 0 Å². The molecule has 106 valence electrons. The first-order valence-corrected chi connectivity index (χ1v) is 6.65. The lowest BCUT2D eigenvalue weighted by molar-refractivity contribution is -0.122. The zero-order valence-corrected chi connectivity index (χ0v) is 12.1. The van der Waals surface area contributed by atoms with Gasteiger partial charge in [-0.1, -0.05) is 13.0 Å². The normalized spacial score (nSPS) is 22.4. The van der Waals surface area contributed by atoms with E-state index in [0.717, 1.165) is 25.2 Å². The molecular weight excluding hydrogens is 262 g/mol. The van der Waals surface area contributed by atoms with E-state index in [1.807, 2.05) is 18.2 Å². The third kappa shape index (κ3) is 5.17. The van der Waals surface area contributed by atoms with E-state index in [1.165, 1.54) is 0 Å². The van der Waals surface area contributed by atoms with E-state index in [0.29, 0.717) is 18.8 Å². The molecule has 1 fully saturated rings. The molecule has 0 bridgehead atoms. The van der Waals surface area contributed by atoms with E-state index in [4.69, 9.17) is 0 Å². The van der Waals surface area contributed by atoms with Crippen molar-refractivity contribution in [2.45, 2.75) is 32.2 Å². The van der Waals surface area contributed by atoms with Crippen LogP contribution in [0.4, 0.5) is 0 Å². The molecule has 1 aromatic rings. The summed E-state index contributed by atoms with van der Waals surface area (Å²) in [5, 5.41) is 6.43. The van der Waals surface area contributed by atoms with Crippen molar-refractivity contribution in [1.29, 1.82) is 0 Å². The van der Waals surface area contributed by atoms with Gasteiger partial charge in [-0.05, 0) is 37.4 Å². The van der Waals surface area contributed by atoms with E-state index in [9.17, 15) is 4.79 Å². The number of piperidine rings is 1. The molecule has 2 N–H and O–H groups in total. The highest BCUT2D eigenvalue weighted by Crippen LogP contribution is 2.11. The second-order valence-electron chi connectivity index (χ2n) is 4.97. The zero-order chi connectivity index (χ0) is 12.8. The highest BCUT2D eigenvalue weighted by molar-refractivity contribution is 5.85. The minimum atomic E-state index is 0. The molecule has 1 aliphatic rings. The van der Waals surface area contributed by atoms with Crippen LogP contribution in [0.3, 0.4) is 0 Å². The first-order chi connectivity index (χ1) is 8.75. The Morgan fingerprint density at radius 2 is 2.37 bits per heavy atom. The van der Waals surface area contributed by atoms with E-state index in [2.05, 4.69) is 22.5 Å². The van der Waals surface area contributed by atoms with Gasteiger partial charge in [0.15, 0.2) is 0 Å². The molecule has 1 amide bonds. The Morgan fingerprint density at radius 1 is 1.53 bits per heavy atom. The average molecular weight is 284 g/mol. The van der Waals surface area contributed by atoms with Crippen LogP contribution < -0.4 is 10.6 Å². The van der Waals surface area contributed by atoms with Crippen molar-refractivity contribution in [1.82, 2.24) is 15.6 Å². The smallest absolute Gasteiger partial charge is 0.220 e. The van der Waals surface area contributed by atoms with Crippen LogP contribution in [-0.4, -0.2) is 30.0 Å². The van der Waals surface area contributed by atoms with Crippen molar-refractivity contribution in [2.24, 2.45) is 5.92 Å². The number of hydrogen-bond donors (Lipinski definition) is 2. The number of rotatable bonds is 4. The Labute approximate surface area is 120 Å². The lowest BCUT2D eigenvalue weighted by atomic mass is 9.94. The number of amides is 1. The number of pyridine rings is 1. The van der Waals surface area contributed by atoms with Gasteiger partial charge in [0.1, 0.15) is 0 Å². The van der Waals surface area contributed by atoms with Crippen molar-refractivity contribution in [3.8, 4) is 0 Å². The summed E-state index contributed by atoms with van der Waals surface area (Å²) in [7, 11) is 0. The molecule has 1 aliphatic heterocycles. The second kappa shape index (κ2) is 8.12. The van der Waals surface area contributed by atoms with E-state index in [-0.39, 0.29) is 24.4 Å². The topological polar surface area (TPSA) is 54.0 Å². The summed E-state index contributed by atoms with van der Waals surface area (Å²) in [5.41, 5.74) is 0.975. The highest BCUT2D eigenvalue weighted by Gasteiger charge is 2.22. The van der Waals surface area contributed by atoms with Crippen LogP contribution in [0.25, 0.3) is 0 Å². The summed E-state index contributed by atoms with van der Waals surface area (Å²) in [6, 6.07) is 6.07. The fourth-order valence-electron chi connectivity index (χ4n) is 2.25. The molecule has 1 aromatic heterocycles. The molecule has 5 heteroatoms. The first kappa shape index (κ1) is 15.9. The van der Waals surface area contributed by atoms with Crippen molar-refractivity contribution in [3.63, 3.8) is 0 Å². The number of aryl methyl sites for hydroxylation is 1. The molecule has 0 saturated carbocycles. The number of nitrogens with zero attached hydrogens (tertiary/aromatic N) is 1. The molecule has 2 atom stereocenters. The molecule has 0 aliphatic carbocycles. The maximum atomic E-state index is 11.9. The summed E-state index contributed by atoms with van der Waals surface area (Å²) in [6.45, 7) is 4.14. The summed E-state index contributed by atoms with van der Waals surface area (Å²) in [6.07, 6.45) is 4.12. The Morgan fingerprint density at radius 3 is 3.05 bits per heavy atom. The van der Waals surface area contributed by atoms with Gasteiger partial charge in [0.2, 0.25) is 5.91 Å². The Kier molecular flexibility index (Phi) is 6.81. The minimum absolute atomic E-state index is 0. The van der Waals surface area contributed by atoms with Crippen molar-refractivity contribution >= 4 is 18.3 Å². The van der Waals surface area contributed by atoms with Gasteiger partial charge in [0.05, 0.1) is 0 Å². The molecule has 0 aromatic carbocycles. The Balaban J connectivity index is 0.00000180. The predicted molar refractivity (Wildman–Crippen MR) is 78.4 cm³/mol. The van der Waals surface area contributed by atoms with E-state index < -0.39 is 0 Å². The van der Waals surface area contributed by atoms with Crippen LogP contribution in [-0.2, 0) is 11.2 Å². The largest absolute Gasteiger partial charge is 0.352 e. The highest BCUT2D eigenvalue weighted by atomic mass is 35.5. The summed E-state index contributed by atoms with van der Waals surface area (Å²) in [4.78, 5) is 16.1.